The summed E-state index contributed by atoms with van der Waals surface area (Å²) in [7, 11) is 0. The van der Waals surface area contributed by atoms with Crippen LogP contribution in [0.1, 0.15) is 53.9 Å². The predicted octanol–water partition coefficient (Wildman–Crippen LogP) is 2.36. The summed E-state index contributed by atoms with van der Waals surface area (Å²) < 4.78 is 5.60. The lowest BCUT2D eigenvalue weighted by Crippen LogP contribution is -2.47. The van der Waals surface area contributed by atoms with Crippen LogP contribution in [0.5, 0.6) is 0 Å². The van der Waals surface area contributed by atoms with Crippen LogP contribution in [0.3, 0.4) is 0 Å². The Morgan fingerprint density at radius 3 is 2.17 bits per heavy atom. The molecule has 0 radical (unpaired) electrons. The maximum absolute atomic E-state index is 11.5. The topological polar surface area (TPSA) is 44.8 Å². The van der Waals surface area contributed by atoms with Crippen molar-refractivity contribution in [2.24, 2.45) is 5.41 Å². The molecule has 0 spiro atoms. The Kier molecular flexibility index (Phi) is 9.86. The van der Waals surface area contributed by atoms with Crippen molar-refractivity contribution >= 4 is 5.91 Å². The van der Waals surface area contributed by atoms with Gasteiger partial charge in [-0.25, -0.2) is 0 Å². The van der Waals surface area contributed by atoms with E-state index in [1.807, 2.05) is 13.8 Å². The van der Waals surface area contributed by atoms with Crippen molar-refractivity contribution in [2.45, 2.75) is 59.9 Å². The molecule has 0 aromatic rings. The summed E-state index contributed by atoms with van der Waals surface area (Å²) in [4.78, 5) is 16.5. The lowest BCUT2D eigenvalue weighted by Gasteiger charge is -2.35. The van der Waals surface area contributed by atoms with Gasteiger partial charge in [-0.2, -0.15) is 0 Å². The molecule has 0 aromatic heterocycles. The van der Waals surface area contributed by atoms with Gasteiger partial charge in [0.1, 0.15) is 0 Å². The monoisotopic (exact) mass is 341 g/mol. The molecule has 0 bridgehead atoms. The van der Waals surface area contributed by atoms with Gasteiger partial charge in [0.2, 0.25) is 5.91 Å². The molecule has 0 aromatic carbocycles. The maximum atomic E-state index is 11.5. The first-order valence-electron chi connectivity index (χ1n) is 9.58. The highest BCUT2D eigenvalue weighted by atomic mass is 16.5. The second kappa shape index (κ2) is 11.1. The molecule has 142 valence electrons. The van der Waals surface area contributed by atoms with Gasteiger partial charge < -0.3 is 15.0 Å². The Labute approximate surface area is 149 Å². The van der Waals surface area contributed by atoms with Crippen molar-refractivity contribution in [1.29, 1.82) is 0 Å². The highest BCUT2D eigenvalue weighted by Crippen LogP contribution is 2.20. The molecule has 0 aliphatic carbocycles. The summed E-state index contributed by atoms with van der Waals surface area (Å²) in [5.74, 6) is 0.0777. The minimum absolute atomic E-state index is 0.0777. The van der Waals surface area contributed by atoms with E-state index in [1.165, 1.54) is 32.5 Å². The first-order valence-corrected chi connectivity index (χ1v) is 9.58. The van der Waals surface area contributed by atoms with E-state index in [4.69, 9.17) is 4.74 Å². The van der Waals surface area contributed by atoms with Gasteiger partial charge >= 0.3 is 0 Å². The molecule has 1 aliphatic heterocycles. The lowest BCUT2D eigenvalue weighted by atomic mass is 9.90. The Morgan fingerprint density at radius 1 is 1.04 bits per heavy atom. The van der Waals surface area contributed by atoms with Crippen LogP contribution in [0.4, 0.5) is 0 Å². The van der Waals surface area contributed by atoms with Gasteiger partial charge in [-0.1, -0.05) is 20.8 Å². The fraction of sp³-hybridized carbons (Fsp3) is 0.947. The van der Waals surface area contributed by atoms with E-state index in [0.717, 1.165) is 26.2 Å². The summed E-state index contributed by atoms with van der Waals surface area (Å²) in [6.07, 6.45) is 3.05. The fourth-order valence-corrected chi connectivity index (χ4v) is 2.92. The quantitative estimate of drug-likeness (QED) is 0.620. The van der Waals surface area contributed by atoms with E-state index < -0.39 is 0 Å². The van der Waals surface area contributed by atoms with Gasteiger partial charge in [-0.3, -0.25) is 9.69 Å². The van der Waals surface area contributed by atoms with Crippen LogP contribution in [-0.2, 0) is 9.53 Å². The molecule has 1 fully saturated rings. The van der Waals surface area contributed by atoms with E-state index in [9.17, 15) is 4.79 Å². The van der Waals surface area contributed by atoms with Crippen molar-refractivity contribution < 1.29 is 9.53 Å². The normalized spacial score (nSPS) is 17.4. The minimum Gasteiger partial charge on any atom is -0.380 e. The van der Waals surface area contributed by atoms with Crippen molar-refractivity contribution in [3.8, 4) is 0 Å². The van der Waals surface area contributed by atoms with Crippen molar-refractivity contribution in [3.05, 3.63) is 0 Å². The number of nitrogens with zero attached hydrogens (tertiary/aromatic N) is 2. The molecule has 0 unspecified atom stereocenters. The average Bonchev–Trinajstić information content (AvgIpc) is 2.46. The van der Waals surface area contributed by atoms with E-state index in [0.29, 0.717) is 18.4 Å². The zero-order valence-electron chi connectivity index (χ0n) is 16.6. The molecule has 1 heterocycles. The van der Waals surface area contributed by atoms with E-state index in [2.05, 4.69) is 35.9 Å². The van der Waals surface area contributed by atoms with E-state index in [1.54, 1.807) is 0 Å². The second-order valence-corrected chi connectivity index (χ2v) is 8.43. The highest BCUT2D eigenvalue weighted by molar-refractivity contribution is 5.76. The molecule has 0 saturated carbocycles. The van der Waals surface area contributed by atoms with Gasteiger partial charge in [-0.05, 0) is 38.6 Å². The molecule has 5 heteroatoms. The van der Waals surface area contributed by atoms with Crippen LogP contribution in [-0.4, -0.2) is 74.2 Å². The van der Waals surface area contributed by atoms with Crippen LogP contribution >= 0.6 is 0 Å². The Balaban J connectivity index is 1.99. The van der Waals surface area contributed by atoms with Crippen molar-refractivity contribution in [2.75, 3.05) is 52.5 Å². The van der Waals surface area contributed by atoms with Gasteiger partial charge in [-0.15, -0.1) is 0 Å². The number of piperazine rings is 1. The standard InChI is InChI=1S/C19H39N3O2/c1-17(2)20-18(23)7-15-24-16-14-22-12-10-21(11-13-22)9-6-8-19(3,4)5/h17H,6-16H2,1-5H3,(H,20,23). The van der Waals surface area contributed by atoms with Gasteiger partial charge in [0.05, 0.1) is 13.2 Å². The lowest BCUT2D eigenvalue weighted by molar-refractivity contribution is -0.122. The zero-order valence-corrected chi connectivity index (χ0v) is 16.6. The van der Waals surface area contributed by atoms with E-state index in [-0.39, 0.29) is 11.9 Å². The number of carbonyl (C=O) groups excluding carboxylic acids is 1. The molecular formula is C19H39N3O2. The number of rotatable bonds is 10. The third kappa shape index (κ3) is 11.0. The molecular weight excluding hydrogens is 302 g/mol. The molecule has 0 atom stereocenters. The summed E-state index contributed by atoms with van der Waals surface area (Å²) in [6, 6.07) is 0.206. The molecule has 1 rings (SSSR count). The van der Waals surface area contributed by atoms with Crippen LogP contribution in [0.2, 0.25) is 0 Å². The molecule has 1 N–H and O–H groups in total. The van der Waals surface area contributed by atoms with Gasteiger partial charge in [0.15, 0.2) is 0 Å². The van der Waals surface area contributed by atoms with Gasteiger partial charge in [0.25, 0.3) is 0 Å². The first kappa shape index (κ1) is 21.4. The second-order valence-electron chi connectivity index (χ2n) is 8.43. The third-order valence-corrected chi connectivity index (χ3v) is 4.34. The highest BCUT2D eigenvalue weighted by Gasteiger charge is 2.17. The number of hydrogen-bond donors (Lipinski definition) is 1. The Hall–Kier alpha value is -0.650. The predicted molar refractivity (Wildman–Crippen MR) is 100 cm³/mol. The zero-order chi connectivity index (χ0) is 18.0. The smallest absolute Gasteiger partial charge is 0.222 e. The minimum atomic E-state index is 0.0777. The third-order valence-electron chi connectivity index (χ3n) is 4.34. The summed E-state index contributed by atoms with van der Waals surface area (Å²) in [6.45, 7) is 18.9. The van der Waals surface area contributed by atoms with Crippen molar-refractivity contribution in [1.82, 2.24) is 15.1 Å². The number of ether oxygens (including phenoxy) is 1. The first-order chi connectivity index (χ1) is 11.3. The molecule has 1 amide bonds. The average molecular weight is 342 g/mol. The summed E-state index contributed by atoms with van der Waals surface area (Å²) >= 11 is 0. The largest absolute Gasteiger partial charge is 0.380 e. The number of amides is 1. The van der Waals surface area contributed by atoms with Crippen LogP contribution in [0.25, 0.3) is 0 Å². The summed E-state index contributed by atoms with van der Waals surface area (Å²) in [5, 5.41) is 2.88. The van der Waals surface area contributed by atoms with Crippen LogP contribution in [0, 0.1) is 5.41 Å². The maximum Gasteiger partial charge on any atom is 0.222 e. The Morgan fingerprint density at radius 2 is 1.62 bits per heavy atom. The molecule has 1 saturated heterocycles. The van der Waals surface area contributed by atoms with Crippen molar-refractivity contribution in [3.63, 3.8) is 0 Å². The number of carbonyl (C=O) groups is 1. The summed E-state index contributed by atoms with van der Waals surface area (Å²) in [5.41, 5.74) is 0.450. The van der Waals surface area contributed by atoms with E-state index >= 15 is 0 Å². The number of hydrogen-bond acceptors (Lipinski definition) is 4. The van der Waals surface area contributed by atoms with Crippen LogP contribution in [0.15, 0.2) is 0 Å². The number of nitrogens with one attached hydrogen (secondary N) is 1. The molecule has 1 aliphatic rings. The van der Waals surface area contributed by atoms with Crippen LogP contribution < -0.4 is 5.32 Å². The SMILES string of the molecule is CC(C)NC(=O)CCOCCN1CCN(CCCC(C)(C)C)CC1. The molecule has 5 nitrogen and oxygen atoms in total. The molecule has 24 heavy (non-hydrogen) atoms. The fourth-order valence-electron chi connectivity index (χ4n) is 2.92. The Bertz CT molecular complexity index is 345. The van der Waals surface area contributed by atoms with Gasteiger partial charge in [0, 0.05) is 45.2 Å².